The first-order valence-corrected chi connectivity index (χ1v) is 7.60. The zero-order valence-corrected chi connectivity index (χ0v) is 11.5. The van der Waals surface area contributed by atoms with Gasteiger partial charge in [-0.2, -0.15) is 17.4 Å². The maximum absolute atomic E-state index is 12.2. The van der Waals surface area contributed by atoms with Gasteiger partial charge in [0.1, 0.15) is 12.0 Å². The van der Waals surface area contributed by atoms with Gasteiger partial charge in [-0.3, -0.25) is 0 Å². The minimum absolute atomic E-state index is 0.383. The largest absolute Gasteiger partial charge is 0.364 e. The maximum atomic E-state index is 12.2. The van der Waals surface area contributed by atoms with Crippen molar-refractivity contribution >= 4 is 10.2 Å². The average Bonchev–Trinajstić information content (AvgIpc) is 2.82. The van der Waals surface area contributed by atoms with Gasteiger partial charge in [-0.05, 0) is 25.7 Å². The Morgan fingerprint density at radius 3 is 3.00 bits per heavy atom. The minimum Gasteiger partial charge on any atom is -0.364 e. The van der Waals surface area contributed by atoms with Gasteiger partial charge in [0, 0.05) is 19.2 Å². The van der Waals surface area contributed by atoms with Gasteiger partial charge in [-0.25, -0.2) is 0 Å². The number of nitrogens with one attached hydrogen (secondary N) is 1. The molecule has 2 heterocycles. The first kappa shape index (κ1) is 13.5. The van der Waals surface area contributed by atoms with Crippen LogP contribution in [0.1, 0.15) is 38.4 Å². The van der Waals surface area contributed by atoms with Crippen LogP contribution in [0.4, 0.5) is 0 Å². The molecule has 0 unspecified atom stereocenters. The molecular formula is C11H19N3O3S. The molecule has 1 aliphatic rings. The lowest BCUT2D eigenvalue weighted by molar-refractivity contribution is 0.276. The third kappa shape index (κ3) is 3.09. The van der Waals surface area contributed by atoms with Gasteiger partial charge in [0.05, 0.1) is 6.04 Å². The number of hydrogen-bond donors (Lipinski definition) is 1. The van der Waals surface area contributed by atoms with E-state index in [0.717, 1.165) is 12.8 Å². The van der Waals surface area contributed by atoms with Crippen LogP contribution in [0.2, 0.25) is 0 Å². The number of piperidine rings is 1. The maximum Gasteiger partial charge on any atom is 0.280 e. The summed E-state index contributed by atoms with van der Waals surface area (Å²) in [7, 11) is -3.44. The molecule has 1 aliphatic heterocycles. The molecule has 0 bridgehead atoms. The predicted octanol–water partition coefficient (Wildman–Crippen LogP) is 1.30. The quantitative estimate of drug-likeness (QED) is 0.897. The van der Waals surface area contributed by atoms with Crippen molar-refractivity contribution in [1.29, 1.82) is 0 Å². The standard InChI is InChI=1S/C11H19N3O3S/c1-9-4-3-6-14(8-9)18(15,16)13-10(2)11-5-7-17-12-11/h5,7,9-10,13H,3-4,6,8H2,1-2H3/t9-,10+/m0/s1. The SMILES string of the molecule is C[C@H]1CCCN(S(=O)(=O)N[C@H](C)c2ccon2)C1. The Kier molecular flexibility index (Phi) is 4.04. The third-order valence-corrected chi connectivity index (χ3v) is 4.85. The summed E-state index contributed by atoms with van der Waals surface area (Å²) < 4.78 is 33.2. The fourth-order valence-electron chi connectivity index (χ4n) is 2.17. The summed E-state index contributed by atoms with van der Waals surface area (Å²) >= 11 is 0. The van der Waals surface area contributed by atoms with Gasteiger partial charge in [-0.15, -0.1) is 0 Å². The van der Waals surface area contributed by atoms with Crippen LogP contribution in [-0.4, -0.2) is 31.0 Å². The van der Waals surface area contributed by atoms with Crippen molar-refractivity contribution in [3.63, 3.8) is 0 Å². The first-order chi connectivity index (χ1) is 8.49. The lowest BCUT2D eigenvalue weighted by Crippen LogP contribution is -2.46. The molecule has 2 rings (SSSR count). The topological polar surface area (TPSA) is 75.4 Å². The van der Waals surface area contributed by atoms with E-state index in [2.05, 4.69) is 16.8 Å². The van der Waals surface area contributed by atoms with Crippen LogP contribution in [0, 0.1) is 5.92 Å². The molecule has 1 N–H and O–H groups in total. The van der Waals surface area contributed by atoms with Gasteiger partial charge in [-0.1, -0.05) is 12.1 Å². The van der Waals surface area contributed by atoms with Crippen molar-refractivity contribution < 1.29 is 12.9 Å². The molecule has 0 aromatic carbocycles. The highest BCUT2D eigenvalue weighted by Crippen LogP contribution is 2.19. The molecule has 2 atom stereocenters. The lowest BCUT2D eigenvalue weighted by Gasteiger charge is -2.30. The number of aromatic nitrogens is 1. The smallest absolute Gasteiger partial charge is 0.280 e. The summed E-state index contributed by atoms with van der Waals surface area (Å²) in [6.45, 7) is 5.00. The molecule has 0 saturated carbocycles. The summed E-state index contributed by atoms with van der Waals surface area (Å²) in [4.78, 5) is 0. The molecule has 102 valence electrons. The van der Waals surface area contributed by atoms with Crippen LogP contribution in [0.5, 0.6) is 0 Å². The van der Waals surface area contributed by atoms with Crippen LogP contribution < -0.4 is 4.72 Å². The molecule has 1 aromatic heterocycles. The van der Waals surface area contributed by atoms with Gasteiger partial charge in [0.15, 0.2) is 0 Å². The molecule has 1 saturated heterocycles. The zero-order chi connectivity index (χ0) is 13.2. The summed E-state index contributed by atoms with van der Waals surface area (Å²) in [5, 5.41) is 3.74. The van der Waals surface area contributed by atoms with Crippen molar-refractivity contribution in [1.82, 2.24) is 14.2 Å². The summed E-state index contributed by atoms with van der Waals surface area (Å²) in [6, 6.07) is 1.28. The predicted molar refractivity (Wildman–Crippen MR) is 66.9 cm³/mol. The first-order valence-electron chi connectivity index (χ1n) is 6.16. The highest BCUT2D eigenvalue weighted by molar-refractivity contribution is 7.87. The van der Waals surface area contributed by atoms with E-state index < -0.39 is 10.2 Å². The van der Waals surface area contributed by atoms with E-state index >= 15 is 0 Å². The van der Waals surface area contributed by atoms with Gasteiger partial charge in [0.25, 0.3) is 10.2 Å². The summed E-state index contributed by atoms with van der Waals surface area (Å²) in [6.07, 6.45) is 3.44. The van der Waals surface area contributed by atoms with Crippen LogP contribution in [0.25, 0.3) is 0 Å². The Hall–Kier alpha value is -0.920. The van der Waals surface area contributed by atoms with Crippen molar-refractivity contribution in [2.45, 2.75) is 32.7 Å². The molecular weight excluding hydrogens is 254 g/mol. The molecule has 6 nitrogen and oxygen atoms in total. The Morgan fingerprint density at radius 2 is 2.39 bits per heavy atom. The number of hydrogen-bond acceptors (Lipinski definition) is 4. The van der Waals surface area contributed by atoms with Crippen LogP contribution in [0.15, 0.2) is 16.9 Å². The summed E-state index contributed by atoms with van der Waals surface area (Å²) in [5.41, 5.74) is 0.587. The summed E-state index contributed by atoms with van der Waals surface area (Å²) in [5.74, 6) is 0.415. The molecule has 1 aromatic rings. The second kappa shape index (κ2) is 5.38. The molecule has 0 aliphatic carbocycles. The molecule has 0 radical (unpaired) electrons. The van der Waals surface area contributed by atoms with E-state index in [1.54, 1.807) is 13.0 Å². The second-order valence-electron chi connectivity index (χ2n) is 4.87. The van der Waals surface area contributed by atoms with Crippen LogP contribution in [-0.2, 0) is 10.2 Å². The van der Waals surface area contributed by atoms with Crippen LogP contribution >= 0.6 is 0 Å². The van der Waals surface area contributed by atoms with Gasteiger partial charge in [0.2, 0.25) is 0 Å². The van der Waals surface area contributed by atoms with E-state index in [9.17, 15) is 8.42 Å². The highest BCUT2D eigenvalue weighted by atomic mass is 32.2. The Bertz CT molecular complexity index is 472. The number of rotatable bonds is 4. The van der Waals surface area contributed by atoms with Gasteiger partial charge >= 0.3 is 0 Å². The Balaban J connectivity index is 2.02. The average molecular weight is 273 g/mol. The number of nitrogens with zero attached hydrogens (tertiary/aromatic N) is 2. The zero-order valence-electron chi connectivity index (χ0n) is 10.7. The van der Waals surface area contributed by atoms with E-state index in [1.807, 2.05) is 0 Å². The van der Waals surface area contributed by atoms with Crippen LogP contribution in [0.3, 0.4) is 0 Å². The fraction of sp³-hybridized carbons (Fsp3) is 0.727. The van der Waals surface area contributed by atoms with E-state index in [4.69, 9.17) is 4.52 Å². The van der Waals surface area contributed by atoms with E-state index in [1.165, 1.54) is 10.6 Å². The fourth-order valence-corrected chi connectivity index (χ4v) is 3.70. The van der Waals surface area contributed by atoms with Crippen molar-refractivity contribution in [3.05, 3.63) is 18.0 Å². The van der Waals surface area contributed by atoms with Crippen molar-refractivity contribution in [3.8, 4) is 0 Å². The van der Waals surface area contributed by atoms with E-state index in [-0.39, 0.29) is 6.04 Å². The normalized spacial score (nSPS) is 24.0. The second-order valence-corrected chi connectivity index (χ2v) is 6.58. The molecule has 7 heteroatoms. The Labute approximate surface area is 108 Å². The van der Waals surface area contributed by atoms with Gasteiger partial charge < -0.3 is 4.52 Å². The molecule has 1 fully saturated rings. The highest BCUT2D eigenvalue weighted by Gasteiger charge is 2.28. The van der Waals surface area contributed by atoms with Crippen molar-refractivity contribution in [2.75, 3.05) is 13.1 Å². The molecule has 0 amide bonds. The minimum atomic E-state index is -3.44. The lowest BCUT2D eigenvalue weighted by atomic mass is 10.0. The third-order valence-electron chi connectivity index (χ3n) is 3.19. The molecule has 18 heavy (non-hydrogen) atoms. The van der Waals surface area contributed by atoms with Crippen molar-refractivity contribution in [2.24, 2.45) is 5.92 Å². The molecule has 0 spiro atoms. The monoisotopic (exact) mass is 273 g/mol. The van der Waals surface area contributed by atoms with E-state index in [0.29, 0.717) is 24.7 Å². The Morgan fingerprint density at radius 1 is 1.61 bits per heavy atom.